The Kier molecular flexibility index (Phi) is 7.28. The number of hydrazine groups is 2. The van der Waals surface area contributed by atoms with Crippen molar-refractivity contribution in [3.8, 4) is 0 Å². The van der Waals surface area contributed by atoms with E-state index >= 15 is 0 Å². The van der Waals surface area contributed by atoms with Gasteiger partial charge in [-0.1, -0.05) is 33.6 Å². The average molecular weight is 342 g/mol. The highest BCUT2D eigenvalue weighted by atomic mass is 16.2. The monoisotopic (exact) mass is 342 g/mol. The van der Waals surface area contributed by atoms with Crippen LogP contribution < -0.4 is 23.2 Å². The topological polar surface area (TPSA) is 145 Å². The van der Waals surface area contributed by atoms with Crippen molar-refractivity contribution in [2.24, 2.45) is 35.0 Å². The van der Waals surface area contributed by atoms with Gasteiger partial charge in [0.2, 0.25) is 0 Å². The molecule has 0 spiro atoms. The van der Waals surface area contributed by atoms with Crippen molar-refractivity contribution < 1.29 is 9.59 Å². The van der Waals surface area contributed by atoms with Gasteiger partial charge in [-0.25, -0.2) is 21.3 Å². The third kappa shape index (κ3) is 4.51. The predicted molar refractivity (Wildman–Crippen MR) is 94.1 cm³/mol. The van der Waals surface area contributed by atoms with Crippen molar-refractivity contribution in [1.29, 1.82) is 0 Å². The SMILES string of the molecule is CCCCC1(N(N)C(N)=O)CCC(N(N)C(N)=O)CC1CC(C)C. The van der Waals surface area contributed by atoms with E-state index in [-0.39, 0.29) is 12.0 Å². The molecule has 0 radical (unpaired) electrons. The fourth-order valence-corrected chi connectivity index (χ4v) is 4.07. The van der Waals surface area contributed by atoms with Gasteiger partial charge in [0.25, 0.3) is 0 Å². The van der Waals surface area contributed by atoms with Gasteiger partial charge in [-0.05, 0) is 43.9 Å². The summed E-state index contributed by atoms with van der Waals surface area (Å²) < 4.78 is 0. The fraction of sp³-hybridized carbons (Fsp3) is 0.875. The summed E-state index contributed by atoms with van der Waals surface area (Å²) in [6.45, 7) is 6.37. The number of urea groups is 2. The summed E-state index contributed by atoms with van der Waals surface area (Å²) in [5.41, 5.74) is 10.3. The van der Waals surface area contributed by atoms with E-state index in [1.807, 2.05) is 0 Å². The van der Waals surface area contributed by atoms with Crippen molar-refractivity contribution in [3.63, 3.8) is 0 Å². The van der Waals surface area contributed by atoms with E-state index in [4.69, 9.17) is 23.2 Å². The van der Waals surface area contributed by atoms with Crippen molar-refractivity contribution in [2.75, 3.05) is 0 Å². The summed E-state index contributed by atoms with van der Waals surface area (Å²) in [4.78, 5) is 23.3. The van der Waals surface area contributed by atoms with Gasteiger partial charge in [0.15, 0.2) is 0 Å². The van der Waals surface area contributed by atoms with Gasteiger partial charge in [0.05, 0.1) is 11.6 Å². The molecule has 1 rings (SSSR count). The van der Waals surface area contributed by atoms with Gasteiger partial charge in [-0.15, -0.1) is 0 Å². The van der Waals surface area contributed by atoms with Crippen LogP contribution in [0.15, 0.2) is 0 Å². The number of nitrogens with zero attached hydrogens (tertiary/aromatic N) is 2. The molecule has 8 heteroatoms. The van der Waals surface area contributed by atoms with Crippen molar-refractivity contribution in [1.82, 2.24) is 10.0 Å². The smallest absolute Gasteiger partial charge is 0.329 e. The minimum absolute atomic E-state index is 0.116. The Bertz CT molecular complexity index is 444. The molecule has 8 nitrogen and oxygen atoms in total. The van der Waals surface area contributed by atoms with Crippen LogP contribution in [-0.2, 0) is 0 Å². The second-order valence-corrected chi connectivity index (χ2v) is 7.42. The fourth-order valence-electron chi connectivity index (χ4n) is 4.07. The van der Waals surface area contributed by atoms with Gasteiger partial charge in [-0.2, -0.15) is 0 Å². The zero-order valence-corrected chi connectivity index (χ0v) is 15.2. The molecule has 0 bridgehead atoms. The molecular formula is C16H34N6O2. The highest BCUT2D eigenvalue weighted by Gasteiger charge is 2.49. The molecule has 0 heterocycles. The third-order valence-electron chi connectivity index (χ3n) is 5.31. The number of carbonyl (C=O) groups excluding carboxylic acids is 2. The molecule has 0 aromatic rings. The summed E-state index contributed by atoms with van der Waals surface area (Å²) in [5.74, 6) is 12.5. The Morgan fingerprint density at radius 3 is 2.29 bits per heavy atom. The largest absolute Gasteiger partial charge is 0.350 e. The standard InChI is InChI=1S/C16H34N6O2/c1-4-5-7-16(22(20)15(18)24)8-6-13(21(19)14(17)23)10-12(16)9-11(2)3/h11-13H,4-10,19-20H2,1-3H3,(H2,17,23)(H2,18,24). The highest BCUT2D eigenvalue weighted by Crippen LogP contribution is 2.44. The van der Waals surface area contributed by atoms with Gasteiger partial charge >= 0.3 is 12.1 Å². The number of primary amides is 2. The summed E-state index contributed by atoms with van der Waals surface area (Å²) in [7, 11) is 0. The molecule has 24 heavy (non-hydrogen) atoms. The molecule has 0 saturated heterocycles. The normalized spacial score (nSPS) is 27.1. The lowest BCUT2D eigenvalue weighted by molar-refractivity contribution is -0.0129. The summed E-state index contributed by atoms with van der Waals surface area (Å²) in [5, 5.41) is 2.35. The van der Waals surface area contributed by atoms with Crippen LogP contribution in [-0.4, -0.2) is 33.7 Å². The molecule has 3 atom stereocenters. The molecule has 140 valence electrons. The van der Waals surface area contributed by atoms with E-state index in [1.165, 1.54) is 5.01 Å². The first-order valence-corrected chi connectivity index (χ1v) is 8.83. The predicted octanol–water partition coefficient (Wildman–Crippen LogP) is 1.64. The summed E-state index contributed by atoms with van der Waals surface area (Å²) in [6.07, 6.45) is 5.64. The zero-order valence-electron chi connectivity index (χ0n) is 15.2. The summed E-state index contributed by atoms with van der Waals surface area (Å²) in [6, 6.07) is -1.39. The quantitative estimate of drug-likeness (QED) is 0.316. The number of amides is 4. The van der Waals surface area contributed by atoms with E-state index in [0.29, 0.717) is 25.2 Å². The van der Waals surface area contributed by atoms with Gasteiger partial charge in [0, 0.05) is 0 Å². The first kappa shape index (κ1) is 20.5. The van der Waals surface area contributed by atoms with Crippen molar-refractivity contribution >= 4 is 12.1 Å². The van der Waals surface area contributed by atoms with E-state index < -0.39 is 17.6 Å². The van der Waals surface area contributed by atoms with Gasteiger partial charge in [0.1, 0.15) is 0 Å². The van der Waals surface area contributed by atoms with Gasteiger partial charge < -0.3 is 11.5 Å². The van der Waals surface area contributed by atoms with E-state index in [1.54, 1.807) is 0 Å². The first-order valence-electron chi connectivity index (χ1n) is 8.83. The number of unbranched alkanes of at least 4 members (excludes halogenated alkanes) is 1. The Balaban J connectivity index is 3.14. The minimum atomic E-state index is -0.635. The molecule has 0 aromatic heterocycles. The Morgan fingerprint density at radius 2 is 1.83 bits per heavy atom. The number of nitrogens with two attached hydrogens (primary N) is 4. The number of rotatable bonds is 7. The van der Waals surface area contributed by atoms with Crippen LogP contribution in [0.25, 0.3) is 0 Å². The molecule has 1 fully saturated rings. The lowest BCUT2D eigenvalue weighted by Crippen LogP contribution is -2.65. The first-order chi connectivity index (χ1) is 11.2. The van der Waals surface area contributed by atoms with Crippen LogP contribution in [0.3, 0.4) is 0 Å². The Hall–Kier alpha value is -1.54. The number of hydrogen-bond donors (Lipinski definition) is 4. The molecule has 3 unspecified atom stereocenters. The van der Waals surface area contributed by atoms with Gasteiger partial charge in [-0.3, -0.25) is 10.0 Å². The van der Waals surface area contributed by atoms with Crippen LogP contribution in [0.4, 0.5) is 9.59 Å². The second-order valence-electron chi connectivity index (χ2n) is 7.42. The molecule has 8 N–H and O–H groups in total. The molecule has 0 aromatic carbocycles. The van der Waals surface area contributed by atoms with E-state index in [9.17, 15) is 9.59 Å². The number of hydrogen-bond acceptors (Lipinski definition) is 4. The maximum absolute atomic E-state index is 11.8. The molecule has 1 aliphatic carbocycles. The molecule has 4 amide bonds. The second kappa shape index (κ2) is 8.53. The van der Waals surface area contributed by atoms with Crippen molar-refractivity contribution in [3.05, 3.63) is 0 Å². The highest BCUT2D eigenvalue weighted by molar-refractivity contribution is 5.72. The minimum Gasteiger partial charge on any atom is -0.350 e. The maximum Gasteiger partial charge on any atom is 0.329 e. The third-order valence-corrected chi connectivity index (χ3v) is 5.31. The Morgan fingerprint density at radius 1 is 1.21 bits per heavy atom. The molecule has 1 aliphatic rings. The van der Waals surface area contributed by atoms with Crippen LogP contribution >= 0.6 is 0 Å². The zero-order chi connectivity index (χ0) is 18.5. The lowest BCUT2D eigenvalue weighted by atomic mass is 9.65. The number of carbonyl (C=O) groups is 2. The summed E-state index contributed by atoms with van der Waals surface area (Å²) >= 11 is 0. The lowest BCUT2D eigenvalue weighted by Gasteiger charge is -2.52. The van der Waals surface area contributed by atoms with E-state index in [2.05, 4.69) is 20.8 Å². The molecular weight excluding hydrogens is 308 g/mol. The van der Waals surface area contributed by atoms with Crippen LogP contribution in [0.2, 0.25) is 0 Å². The van der Waals surface area contributed by atoms with Crippen LogP contribution in [0.5, 0.6) is 0 Å². The Labute approximate surface area is 144 Å². The van der Waals surface area contributed by atoms with Crippen LogP contribution in [0, 0.1) is 11.8 Å². The molecule has 0 aliphatic heterocycles. The van der Waals surface area contributed by atoms with Crippen molar-refractivity contribution in [2.45, 2.75) is 77.3 Å². The van der Waals surface area contributed by atoms with E-state index in [0.717, 1.165) is 30.7 Å². The average Bonchev–Trinajstić information content (AvgIpc) is 2.51. The van der Waals surface area contributed by atoms with Crippen LogP contribution in [0.1, 0.15) is 65.7 Å². The maximum atomic E-state index is 11.8. The molecule has 1 saturated carbocycles.